The van der Waals surface area contributed by atoms with Crippen LogP contribution in [0.4, 0.5) is 0 Å². The number of hydrazone groups is 1. The van der Waals surface area contributed by atoms with Crippen LogP contribution in [0.15, 0.2) is 5.10 Å². The van der Waals surface area contributed by atoms with Crippen LogP contribution in [0.1, 0.15) is 0 Å². The van der Waals surface area contributed by atoms with Crippen LogP contribution in [-0.2, 0) is 0 Å². The van der Waals surface area contributed by atoms with Crippen LogP contribution >= 0.6 is 11.8 Å². The average molecular weight is 87.1 g/mol. The molecular weight excluding hydrogens is 84.1 g/mol. The van der Waals surface area contributed by atoms with E-state index in [4.69, 9.17) is 0 Å². The Labute approximate surface area is 34.6 Å². The molecule has 0 aliphatic carbocycles. The summed E-state index contributed by atoms with van der Waals surface area (Å²) in [6, 6.07) is 0. The lowest BCUT2D eigenvalue weighted by atomic mass is 11.5. The normalized spacial score (nSPS) is 17.6. The van der Waals surface area contributed by atoms with Crippen molar-refractivity contribution in [2.24, 2.45) is 5.10 Å². The number of nitrogens with zero attached hydrogens (tertiary/aromatic N) is 1. The molecule has 0 atom stereocenters. The van der Waals surface area contributed by atoms with Crippen molar-refractivity contribution < 1.29 is 0 Å². The highest BCUT2D eigenvalue weighted by Crippen LogP contribution is 1.94. The summed E-state index contributed by atoms with van der Waals surface area (Å²) in [6.07, 6.45) is 0. The van der Waals surface area contributed by atoms with Crippen molar-refractivity contribution >= 4 is 17.3 Å². The van der Waals surface area contributed by atoms with Gasteiger partial charge in [-0.15, -0.1) is 0 Å². The topological polar surface area (TPSA) is 24.4 Å². The Morgan fingerprint density at radius 1 is 2.00 bits per heavy atom. The van der Waals surface area contributed by atoms with E-state index in [0.717, 1.165) is 5.88 Å². The molecule has 0 saturated carbocycles. The minimum Gasteiger partial charge on any atom is -0.248 e. The highest BCUT2D eigenvalue weighted by atomic mass is 32.2. The summed E-state index contributed by atoms with van der Waals surface area (Å²) >= 11 is 1.55. The molecular formula is C2H3N2S+. The van der Waals surface area contributed by atoms with Gasteiger partial charge in [-0.05, 0) is 0 Å². The highest BCUT2D eigenvalue weighted by Gasteiger charge is 2.05. The molecule has 0 saturated heterocycles. The molecule has 1 aliphatic rings. The summed E-state index contributed by atoms with van der Waals surface area (Å²) in [4.78, 5) is 0. The van der Waals surface area contributed by atoms with Crippen LogP contribution in [0, 0.1) is 0 Å². The van der Waals surface area contributed by atoms with Gasteiger partial charge in [0.05, 0.1) is 5.10 Å². The van der Waals surface area contributed by atoms with Gasteiger partial charge in [-0.2, -0.15) is 0 Å². The fraction of sp³-hybridized carbons (Fsp3) is 0.500. The minimum atomic E-state index is 0.889. The molecule has 0 aromatic carbocycles. The van der Waals surface area contributed by atoms with Crippen molar-refractivity contribution in [3.8, 4) is 0 Å². The Balaban J connectivity index is 2.32. The molecule has 2 nitrogen and oxygen atoms in total. The second-order valence-electron chi connectivity index (χ2n) is 0.650. The zero-order valence-electron chi connectivity index (χ0n) is 2.56. The zero-order valence-corrected chi connectivity index (χ0v) is 3.38. The molecule has 0 spiro atoms. The fourth-order valence-corrected chi connectivity index (χ4v) is 0.484. The van der Waals surface area contributed by atoms with Crippen molar-refractivity contribution in [2.45, 2.75) is 0 Å². The smallest absolute Gasteiger partial charge is 0.248 e. The first-order chi connectivity index (χ1) is 2.50. The van der Waals surface area contributed by atoms with Gasteiger partial charge in [0, 0.05) is 0 Å². The number of hydrogen-bond acceptors (Lipinski definition) is 3. The van der Waals surface area contributed by atoms with Gasteiger partial charge in [0.25, 0.3) is 0 Å². The molecule has 1 N–H and O–H groups in total. The molecule has 0 aromatic heterocycles. The summed E-state index contributed by atoms with van der Waals surface area (Å²) in [6.45, 7) is 0. The Hall–Kier alpha value is -0.270. The maximum absolute atomic E-state index is 3.55. The lowest BCUT2D eigenvalue weighted by Crippen LogP contribution is -1.93. The highest BCUT2D eigenvalue weighted by molar-refractivity contribution is 8.12. The maximum Gasteiger partial charge on any atom is 0.474 e. The third-order valence-electron chi connectivity index (χ3n) is 0.326. The summed E-state index contributed by atoms with van der Waals surface area (Å²) in [5, 5.41) is 3.55. The van der Waals surface area contributed by atoms with Gasteiger partial charge < -0.3 is 0 Å². The van der Waals surface area contributed by atoms with Crippen LogP contribution in [0.2, 0.25) is 0 Å². The van der Waals surface area contributed by atoms with Gasteiger partial charge >= 0.3 is 5.55 Å². The number of hydrogen-bond donors (Lipinski definition) is 1. The molecule has 3 heteroatoms. The maximum atomic E-state index is 3.55. The Morgan fingerprint density at radius 2 is 3.00 bits per heavy atom. The van der Waals surface area contributed by atoms with Crippen molar-refractivity contribution in [2.75, 3.05) is 5.88 Å². The second-order valence-corrected chi connectivity index (χ2v) is 1.41. The lowest BCUT2D eigenvalue weighted by Gasteiger charge is -1.64. The molecule has 0 unspecified atom stereocenters. The molecule has 26 valence electrons. The van der Waals surface area contributed by atoms with Gasteiger partial charge in [-0.25, -0.2) is 5.43 Å². The van der Waals surface area contributed by atoms with E-state index < -0.39 is 0 Å². The largest absolute Gasteiger partial charge is 0.474 e. The van der Waals surface area contributed by atoms with E-state index in [9.17, 15) is 0 Å². The summed E-state index contributed by atoms with van der Waals surface area (Å²) in [5.74, 6) is 0.889. The predicted octanol–water partition coefficient (Wildman–Crippen LogP) is 0.101. The van der Waals surface area contributed by atoms with Crippen LogP contribution in [-0.4, -0.2) is 11.4 Å². The molecule has 1 aliphatic heterocycles. The quantitative estimate of drug-likeness (QED) is 0.424. The Bertz CT molecular complexity index is 45.6. The van der Waals surface area contributed by atoms with Gasteiger partial charge in [0.2, 0.25) is 11.8 Å². The molecule has 0 fully saturated rings. The molecule has 0 radical (unpaired) electrons. The van der Waals surface area contributed by atoms with Crippen molar-refractivity contribution in [3.05, 3.63) is 0 Å². The lowest BCUT2D eigenvalue weighted by molar-refractivity contribution is 0.897. The summed E-state index contributed by atoms with van der Waals surface area (Å²) in [7, 11) is 0. The summed E-state index contributed by atoms with van der Waals surface area (Å²) in [5.41, 5.74) is 5.35. The fourth-order valence-electron chi connectivity index (χ4n) is 0.161. The summed E-state index contributed by atoms with van der Waals surface area (Å²) < 4.78 is 0. The van der Waals surface area contributed by atoms with E-state index >= 15 is 0 Å². The van der Waals surface area contributed by atoms with Gasteiger partial charge in [0.1, 0.15) is 5.88 Å². The average Bonchev–Trinajstić information content (AvgIpc) is 1.76. The minimum absolute atomic E-state index is 0.889. The zero-order chi connectivity index (χ0) is 3.54. The van der Waals surface area contributed by atoms with E-state index in [0.29, 0.717) is 0 Å². The van der Waals surface area contributed by atoms with E-state index in [1.165, 1.54) is 0 Å². The molecule has 0 aromatic rings. The van der Waals surface area contributed by atoms with Crippen molar-refractivity contribution in [1.82, 2.24) is 5.43 Å². The first kappa shape index (κ1) is 2.94. The first-order valence-corrected chi connectivity index (χ1v) is 2.28. The second kappa shape index (κ2) is 1.24. The van der Waals surface area contributed by atoms with E-state index in [2.05, 4.69) is 16.1 Å². The van der Waals surface area contributed by atoms with Crippen LogP contribution in [0.25, 0.3) is 0 Å². The molecule has 1 heterocycles. The SMILES string of the molecule is [C+]1=NNCS1. The first-order valence-electron chi connectivity index (χ1n) is 1.29. The van der Waals surface area contributed by atoms with E-state index in [1.807, 2.05) is 0 Å². The number of rotatable bonds is 0. The van der Waals surface area contributed by atoms with E-state index in [-0.39, 0.29) is 0 Å². The van der Waals surface area contributed by atoms with Crippen molar-refractivity contribution in [3.63, 3.8) is 0 Å². The number of thioether (sulfide) groups is 1. The third kappa shape index (κ3) is 0.499. The monoisotopic (exact) mass is 87.0 g/mol. The van der Waals surface area contributed by atoms with Crippen LogP contribution in [0.5, 0.6) is 0 Å². The Morgan fingerprint density at radius 3 is 3.20 bits per heavy atom. The molecule has 1 rings (SSSR count). The predicted molar refractivity (Wildman–Crippen MR) is 23.0 cm³/mol. The van der Waals surface area contributed by atoms with Crippen molar-refractivity contribution in [1.29, 1.82) is 0 Å². The third-order valence-corrected chi connectivity index (χ3v) is 0.820. The van der Waals surface area contributed by atoms with Crippen LogP contribution in [0.3, 0.4) is 0 Å². The Kier molecular flexibility index (Phi) is 0.731. The molecule has 0 amide bonds. The van der Waals surface area contributed by atoms with E-state index in [1.54, 1.807) is 11.8 Å². The molecule has 5 heavy (non-hydrogen) atoms. The van der Waals surface area contributed by atoms with Crippen LogP contribution < -0.4 is 5.43 Å². The van der Waals surface area contributed by atoms with Gasteiger partial charge in [-0.1, -0.05) is 0 Å². The standard InChI is InChI=1S/C2H3N2S/c1-3-4-2-5-1/h3H,1H2/q+1. The van der Waals surface area contributed by atoms with Gasteiger partial charge in [-0.3, -0.25) is 0 Å². The van der Waals surface area contributed by atoms with Gasteiger partial charge in [0.15, 0.2) is 0 Å². The molecule has 0 bridgehead atoms. The number of nitrogens with one attached hydrogen (secondary N) is 1.